The monoisotopic (exact) mass is 327 g/mol. The Morgan fingerprint density at radius 1 is 1.33 bits per heavy atom. The van der Waals surface area contributed by atoms with Crippen LogP contribution in [0.4, 0.5) is 0 Å². The van der Waals surface area contributed by atoms with Crippen molar-refractivity contribution >= 4 is 11.9 Å². The molecule has 128 valence electrons. The Hall–Kier alpha value is -2.55. The van der Waals surface area contributed by atoms with Gasteiger partial charge in [0.1, 0.15) is 0 Å². The highest BCUT2D eigenvalue weighted by Gasteiger charge is 2.37. The molecule has 0 bridgehead atoms. The molecular weight excluding hydrogens is 302 g/mol. The minimum atomic E-state index is -0.0305. The molecule has 24 heavy (non-hydrogen) atoms. The van der Waals surface area contributed by atoms with Crippen LogP contribution in [0.25, 0.3) is 0 Å². The first-order valence-electron chi connectivity index (χ1n) is 8.31. The molecule has 6 heteroatoms. The first-order chi connectivity index (χ1) is 11.6. The molecule has 0 atom stereocenters. The lowest BCUT2D eigenvalue weighted by molar-refractivity contribution is -0.119. The maximum atomic E-state index is 11.4. The molecule has 1 amide bonds. The third-order valence-electron chi connectivity index (χ3n) is 4.74. The van der Waals surface area contributed by atoms with Gasteiger partial charge in [-0.05, 0) is 31.2 Å². The molecule has 0 heterocycles. The van der Waals surface area contributed by atoms with E-state index in [-0.39, 0.29) is 17.4 Å². The molecule has 3 N–H and O–H groups in total. The summed E-state index contributed by atoms with van der Waals surface area (Å²) in [5.41, 5.74) is 1.24. The molecule has 0 spiro atoms. The second kappa shape index (κ2) is 8.34. The number of carbonyl (C=O) groups is 1. The van der Waals surface area contributed by atoms with Crippen molar-refractivity contribution in [2.75, 3.05) is 13.6 Å². The Morgan fingerprint density at radius 2 is 2.00 bits per heavy atom. The highest BCUT2D eigenvalue weighted by Crippen LogP contribution is 2.39. The van der Waals surface area contributed by atoms with Gasteiger partial charge in [0, 0.05) is 32.0 Å². The minimum absolute atomic E-state index is 0.00387. The van der Waals surface area contributed by atoms with Gasteiger partial charge in [-0.25, -0.2) is 0 Å². The van der Waals surface area contributed by atoms with Crippen molar-refractivity contribution in [3.05, 3.63) is 35.9 Å². The third kappa shape index (κ3) is 4.48. The van der Waals surface area contributed by atoms with Crippen molar-refractivity contribution in [1.82, 2.24) is 16.0 Å². The van der Waals surface area contributed by atoms with Crippen LogP contribution in [0.15, 0.2) is 35.3 Å². The molecule has 1 fully saturated rings. The predicted molar refractivity (Wildman–Crippen MR) is 94.3 cm³/mol. The van der Waals surface area contributed by atoms with Gasteiger partial charge >= 0.3 is 0 Å². The molecule has 0 saturated heterocycles. The number of hydrogen-bond acceptors (Lipinski definition) is 3. The number of hydrogen-bond donors (Lipinski definition) is 3. The van der Waals surface area contributed by atoms with Gasteiger partial charge in [-0.2, -0.15) is 5.26 Å². The van der Waals surface area contributed by atoms with Crippen LogP contribution < -0.4 is 16.0 Å². The van der Waals surface area contributed by atoms with Crippen LogP contribution >= 0.6 is 0 Å². The number of nitrogens with one attached hydrogen (secondary N) is 3. The Labute approximate surface area is 143 Å². The van der Waals surface area contributed by atoms with E-state index in [2.05, 4.69) is 33.1 Å². The Kier molecular flexibility index (Phi) is 6.19. The predicted octanol–water partition coefficient (Wildman–Crippen LogP) is 1.65. The smallest absolute Gasteiger partial charge is 0.216 e. The summed E-state index contributed by atoms with van der Waals surface area (Å²) >= 11 is 0. The number of rotatable bonds is 4. The molecule has 1 aliphatic carbocycles. The van der Waals surface area contributed by atoms with Crippen LogP contribution in [-0.4, -0.2) is 31.5 Å². The number of benzene rings is 1. The average Bonchev–Trinajstić information content (AvgIpc) is 2.61. The molecule has 0 unspecified atom stereocenters. The summed E-state index contributed by atoms with van der Waals surface area (Å²) in [5.74, 6) is 0.515. The number of amides is 1. The van der Waals surface area contributed by atoms with Crippen LogP contribution in [0.5, 0.6) is 0 Å². The molecule has 1 aromatic carbocycles. The van der Waals surface area contributed by atoms with Crippen molar-refractivity contribution in [2.45, 2.75) is 44.1 Å². The molecule has 1 aliphatic rings. The lowest BCUT2D eigenvalue weighted by atomic mass is 9.68. The largest absolute Gasteiger partial charge is 0.359 e. The fraction of sp³-hybridized carbons (Fsp3) is 0.500. The first-order valence-corrected chi connectivity index (χ1v) is 8.31. The number of nitriles is 1. The summed E-state index contributed by atoms with van der Waals surface area (Å²) in [4.78, 5) is 15.1. The van der Waals surface area contributed by atoms with Crippen molar-refractivity contribution in [3.63, 3.8) is 0 Å². The van der Waals surface area contributed by atoms with Crippen molar-refractivity contribution in [3.8, 4) is 6.19 Å². The minimum Gasteiger partial charge on any atom is -0.359 e. The van der Waals surface area contributed by atoms with Gasteiger partial charge in [-0.15, -0.1) is 4.99 Å². The van der Waals surface area contributed by atoms with Crippen molar-refractivity contribution < 1.29 is 4.79 Å². The number of nitrogens with zero attached hydrogens (tertiary/aromatic N) is 2. The summed E-state index contributed by atoms with van der Waals surface area (Å²) in [6.45, 7) is 2.22. The summed E-state index contributed by atoms with van der Waals surface area (Å²) in [6.07, 6.45) is 5.66. The molecule has 6 nitrogen and oxygen atoms in total. The van der Waals surface area contributed by atoms with E-state index in [0.29, 0.717) is 12.5 Å². The van der Waals surface area contributed by atoms with Crippen LogP contribution in [0.2, 0.25) is 0 Å². The van der Waals surface area contributed by atoms with Crippen LogP contribution in [0.3, 0.4) is 0 Å². The summed E-state index contributed by atoms with van der Waals surface area (Å²) in [5, 5.41) is 17.9. The maximum absolute atomic E-state index is 11.4. The van der Waals surface area contributed by atoms with E-state index in [0.717, 1.165) is 25.7 Å². The summed E-state index contributed by atoms with van der Waals surface area (Å²) in [7, 11) is 1.75. The number of carbonyl (C=O) groups excluding carboxylic acids is 1. The van der Waals surface area contributed by atoms with Gasteiger partial charge in [0.2, 0.25) is 18.1 Å². The lowest BCUT2D eigenvalue weighted by Gasteiger charge is -2.41. The van der Waals surface area contributed by atoms with Gasteiger partial charge in [-0.3, -0.25) is 4.79 Å². The molecule has 2 rings (SSSR count). The van der Waals surface area contributed by atoms with Gasteiger partial charge in [0.05, 0.1) is 0 Å². The van der Waals surface area contributed by atoms with E-state index < -0.39 is 0 Å². The Bertz CT molecular complexity index is 612. The van der Waals surface area contributed by atoms with E-state index in [1.54, 1.807) is 20.2 Å². The zero-order valence-electron chi connectivity index (χ0n) is 14.3. The molecule has 0 aromatic heterocycles. The van der Waals surface area contributed by atoms with Crippen LogP contribution in [-0.2, 0) is 10.2 Å². The first kappa shape index (κ1) is 17.8. The number of guanidine groups is 1. The molecule has 1 aromatic rings. The van der Waals surface area contributed by atoms with Crippen molar-refractivity contribution in [1.29, 1.82) is 5.26 Å². The van der Waals surface area contributed by atoms with E-state index in [4.69, 9.17) is 5.26 Å². The van der Waals surface area contributed by atoms with E-state index in [1.807, 2.05) is 18.2 Å². The Morgan fingerprint density at radius 3 is 2.54 bits per heavy atom. The highest BCUT2D eigenvalue weighted by atomic mass is 16.1. The zero-order chi connectivity index (χ0) is 17.4. The molecular formula is C18H25N5O. The van der Waals surface area contributed by atoms with Gasteiger partial charge in [0.25, 0.3) is 0 Å². The molecule has 0 radical (unpaired) electrons. The number of aliphatic imine (C=N–C) groups is 1. The Balaban J connectivity index is 2.08. The topological polar surface area (TPSA) is 89.3 Å². The SMILES string of the molecule is CN/C(=N\C#N)N[C@H]1CC[C@](CNC(C)=O)(c2ccccc2)CC1. The van der Waals surface area contributed by atoms with E-state index in [1.165, 1.54) is 5.56 Å². The maximum Gasteiger partial charge on any atom is 0.216 e. The third-order valence-corrected chi connectivity index (χ3v) is 4.74. The fourth-order valence-electron chi connectivity index (χ4n) is 3.37. The average molecular weight is 327 g/mol. The fourth-order valence-corrected chi connectivity index (χ4v) is 3.37. The van der Waals surface area contributed by atoms with Crippen LogP contribution in [0.1, 0.15) is 38.2 Å². The summed E-state index contributed by atoms with van der Waals surface area (Å²) in [6, 6.07) is 10.7. The summed E-state index contributed by atoms with van der Waals surface area (Å²) < 4.78 is 0. The molecule has 1 saturated carbocycles. The normalized spacial score (nSPS) is 23.9. The zero-order valence-corrected chi connectivity index (χ0v) is 14.3. The lowest BCUT2D eigenvalue weighted by Crippen LogP contribution is -2.49. The molecule has 0 aliphatic heterocycles. The van der Waals surface area contributed by atoms with Gasteiger partial charge in [0.15, 0.2) is 0 Å². The van der Waals surface area contributed by atoms with Crippen molar-refractivity contribution in [2.24, 2.45) is 4.99 Å². The highest BCUT2D eigenvalue weighted by molar-refractivity contribution is 5.80. The second-order valence-corrected chi connectivity index (χ2v) is 6.29. The van der Waals surface area contributed by atoms with E-state index in [9.17, 15) is 4.79 Å². The van der Waals surface area contributed by atoms with E-state index >= 15 is 0 Å². The quantitative estimate of drug-likeness (QED) is 0.446. The van der Waals surface area contributed by atoms with Gasteiger partial charge in [-0.1, -0.05) is 30.3 Å². The standard InChI is InChI=1S/C18H25N5O/c1-14(24)21-12-18(15-6-4-3-5-7-15)10-8-16(9-11-18)23-17(20-2)22-13-19/h3-7,16H,8-12H2,1-2H3,(H,21,24)(H2,20,22,23)/t16-,18-. The van der Waals surface area contributed by atoms with Crippen LogP contribution in [0, 0.1) is 11.5 Å². The second-order valence-electron chi connectivity index (χ2n) is 6.29. The van der Waals surface area contributed by atoms with Gasteiger partial charge < -0.3 is 16.0 Å².